The number of halogens is 1. The molecule has 4 rings (SSSR count). The summed E-state index contributed by atoms with van der Waals surface area (Å²) in [5.41, 5.74) is 0.442. The number of amides is 1. The lowest BCUT2D eigenvalue weighted by atomic mass is 10.1. The van der Waals surface area contributed by atoms with Crippen LogP contribution in [0.5, 0.6) is 0 Å². The largest absolute Gasteiger partial charge is 0.374 e. The van der Waals surface area contributed by atoms with E-state index in [9.17, 15) is 9.18 Å². The zero-order valence-electron chi connectivity index (χ0n) is 12.6. The van der Waals surface area contributed by atoms with E-state index in [0.717, 1.165) is 19.3 Å². The first kappa shape index (κ1) is 14.8. The van der Waals surface area contributed by atoms with Gasteiger partial charge in [0.15, 0.2) is 0 Å². The van der Waals surface area contributed by atoms with Gasteiger partial charge < -0.3 is 9.64 Å². The molecule has 1 amide bonds. The number of carbonyl (C=O) groups is 1. The second-order valence-corrected chi connectivity index (χ2v) is 6.95. The zero-order chi connectivity index (χ0) is 15.8. The van der Waals surface area contributed by atoms with Crippen molar-refractivity contribution in [2.45, 2.75) is 31.4 Å². The highest BCUT2D eigenvalue weighted by Crippen LogP contribution is 2.33. The molecule has 0 unspecified atom stereocenters. The number of aromatic nitrogens is 1. The highest BCUT2D eigenvalue weighted by molar-refractivity contribution is 7.16. The van der Waals surface area contributed by atoms with Crippen LogP contribution in [0.2, 0.25) is 0 Å². The molecule has 4 nitrogen and oxygen atoms in total. The first-order chi connectivity index (χ1) is 11.2. The summed E-state index contributed by atoms with van der Waals surface area (Å²) in [6, 6.07) is 6.68. The lowest BCUT2D eigenvalue weighted by Crippen LogP contribution is -2.51. The molecule has 2 fully saturated rings. The summed E-state index contributed by atoms with van der Waals surface area (Å²) in [7, 11) is 0. The Hall–Kier alpha value is -1.79. The molecule has 0 N–H and O–H groups in total. The smallest absolute Gasteiger partial charge is 0.266 e. The third kappa shape index (κ3) is 2.66. The van der Waals surface area contributed by atoms with Crippen LogP contribution in [-0.2, 0) is 4.74 Å². The van der Waals surface area contributed by atoms with Gasteiger partial charge in [0.2, 0.25) is 0 Å². The molecule has 0 bridgehead atoms. The molecule has 1 aliphatic heterocycles. The molecule has 2 aromatic rings. The van der Waals surface area contributed by atoms with Crippen LogP contribution in [0, 0.1) is 5.82 Å². The molecule has 2 heterocycles. The Morgan fingerprint density at radius 3 is 3.09 bits per heavy atom. The summed E-state index contributed by atoms with van der Waals surface area (Å²) in [6.07, 6.45) is 4.86. The normalized spacial score (nSPS) is 23.8. The molecule has 1 saturated heterocycles. The van der Waals surface area contributed by atoms with Gasteiger partial charge in [0, 0.05) is 12.1 Å². The lowest BCUT2D eigenvalue weighted by Gasteiger charge is -2.37. The minimum Gasteiger partial charge on any atom is -0.374 e. The van der Waals surface area contributed by atoms with E-state index in [1.54, 1.807) is 24.4 Å². The number of carbonyl (C=O) groups excluding carboxylic acids is 1. The van der Waals surface area contributed by atoms with Crippen molar-refractivity contribution < 1.29 is 13.9 Å². The van der Waals surface area contributed by atoms with Crippen LogP contribution in [0.25, 0.3) is 10.6 Å². The Labute approximate surface area is 137 Å². The molecule has 6 heteroatoms. The fourth-order valence-electron chi connectivity index (χ4n) is 3.45. The SMILES string of the molecule is O=C(c1cnc(-c2ccccc2F)s1)N1CCO[C@@H]2CCC[C@H]21. The van der Waals surface area contributed by atoms with Crippen molar-refractivity contribution in [3.8, 4) is 10.6 Å². The zero-order valence-corrected chi connectivity index (χ0v) is 13.4. The van der Waals surface area contributed by atoms with Crippen molar-refractivity contribution in [1.82, 2.24) is 9.88 Å². The first-order valence-electron chi connectivity index (χ1n) is 7.87. The van der Waals surface area contributed by atoms with E-state index in [4.69, 9.17) is 4.74 Å². The Morgan fingerprint density at radius 1 is 1.35 bits per heavy atom. The van der Waals surface area contributed by atoms with E-state index >= 15 is 0 Å². The third-order valence-corrected chi connectivity index (χ3v) is 5.58. The molecule has 1 saturated carbocycles. The Balaban J connectivity index is 1.59. The van der Waals surface area contributed by atoms with Crippen molar-refractivity contribution in [2.24, 2.45) is 0 Å². The van der Waals surface area contributed by atoms with Crippen LogP contribution < -0.4 is 0 Å². The van der Waals surface area contributed by atoms with E-state index in [0.29, 0.717) is 28.6 Å². The highest BCUT2D eigenvalue weighted by atomic mass is 32.1. The second-order valence-electron chi connectivity index (χ2n) is 5.92. The molecule has 2 aliphatic rings. The summed E-state index contributed by atoms with van der Waals surface area (Å²) in [6.45, 7) is 1.21. The van der Waals surface area contributed by atoms with E-state index < -0.39 is 0 Å². The number of morpholine rings is 1. The average Bonchev–Trinajstić information content (AvgIpc) is 3.23. The quantitative estimate of drug-likeness (QED) is 0.847. The molecule has 1 aliphatic carbocycles. The monoisotopic (exact) mass is 332 g/mol. The summed E-state index contributed by atoms with van der Waals surface area (Å²) in [5.74, 6) is -0.326. The number of nitrogens with zero attached hydrogens (tertiary/aromatic N) is 2. The van der Waals surface area contributed by atoms with Crippen LogP contribution in [0.3, 0.4) is 0 Å². The van der Waals surface area contributed by atoms with Crippen molar-refractivity contribution >= 4 is 17.2 Å². The topological polar surface area (TPSA) is 42.4 Å². The standard InChI is InChI=1S/C17H17FN2O2S/c18-12-5-2-1-4-11(12)16-19-10-15(23-16)17(21)20-8-9-22-14-7-3-6-13(14)20/h1-2,4-5,10,13-14H,3,6-9H2/t13-,14-/m1/s1. The molecule has 1 aromatic heterocycles. The maximum Gasteiger partial charge on any atom is 0.266 e. The van der Waals surface area contributed by atoms with E-state index in [1.807, 2.05) is 4.90 Å². The molecule has 2 atom stereocenters. The van der Waals surface area contributed by atoms with E-state index in [2.05, 4.69) is 4.98 Å². The van der Waals surface area contributed by atoms with Gasteiger partial charge >= 0.3 is 0 Å². The molecular weight excluding hydrogens is 315 g/mol. The molecule has 1 aromatic carbocycles. The Kier molecular flexibility index (Phi) is 3.87. The maximum absolute atomic E-state index is 13.9. The third-order valence-electron chi connectivity index (χ3n) is 4.56. The Bertz CT molecular complexity index is 733. The van der Waals surface area contributed by atoms with Crippen LogP contribution in [-0.4, -0.2) is 41.1 Å². The maximum atomic E-state index is 13.9. The molecular formula is C17H17FN2O2S. The van der Waals surface area contributed by atoms with Gasteiger partial charge in [-0.15, -0.1) is 11.3 Å². The fraction of sp³-hybridized carbons (Fsp3) is 0.412. The summed E-state index contributed by atoms with van der Waals surface area (Å²) in [5, 5.41) is 0.544. The van der Waals surface area contributed by atoms with Crippen molar-refractivity contribution in [2.75, 3.05) is 13.2 Å². The fourth-order valence-corrected chi connectivity index (χ4v) is 4.35. The predicted molar refractivity (Wildman–Crippen MR) is 85.9 cm³/mol. The van der Waals surface area contributed by atoms with Gasteiger partial charge in [-0.2, -0.15) is 0 Å². The number of hydrogen-bond acceptors (Lipinski definition) is 4. The second kappa shape index (κ2) is 6.02. The van der Waals surface area contributed by atoms with Crippen LogP contribution >= 0.6 is 11.3 Å². The van der Waals surface area contributed by atoms with Crippen LogP contribution in [0.4, 0.5) is 4.39 Å². The van der Waals surface area contributed by atoms with E-state index in [1.165, 1.54) is 17.4 Å². The van der Waals surface area contributed by atoms with E-state index in [-0.39, 0.29) is 23.9 Å². The van der Waals surface area contributed by atoms with Crippen molar-refractivity contribution in [3.05, 3.63) is 41.2 Å². The van der Waals surface area contributed by atoms with Gasteiger partial charge in [-0.05, 0) is 31.4 Å². The summed E-state index contributed by atoms with van der Waals surface area (Å²) < 4.78 is 19.6. The van der Waals surface area contributed by atoms with Gasteiger partial charge in [-0.3, -0.25) is 4.79 Å². The lowest BCUT2D eigenvalue weighted by molar-refractivity contribution is -0.0443. The van der Waals surface area contributed by atoms with Gasteiger partial charge in [0.25, 0.3) is 5.91 Å². The first-order valence-corrected chi connectivity index (χ1v) is 8.69. The number of hydrogen-bond donors (Lipinski definition) is 0. The minimum absolute atomic E-state index is 0.00899. The van der Waals surface area contributed by atoms with Gasteiger partial charge in [-0.25, -0.2) is 9.37 Å². The molecule has 23 heavy (non-hydrogen) atoms. The Morgan fingerprint density at radius 2 is 2.22 bits per heavy atom. The van der Waals surface area contributed by atoms with Gasteiger partial charge in [0.05, 0.1) is 24.9 Å². The van der Waals surface area contributed by atoms with Gasteiger partial charge in [0.1, 0.15) is 15.7 Å². The summed E-state index contributed by atoms with van der Waals surface area (Å²) in [4.78, 5) is 19.5. The van der Waals surface area contributed by atoms with Crippen molar-refractivity contribution in [1.29, 1.82) is 0 Å². The number of thiazole rings is 1. The number of ether oxygens (including phenoxy) is 1. The number of rotatable bonds is 2. The average molecular weight is 332 g/mol. The molecule has 120 valence electrons. The van der Waals surface area contributed by atoms with Crippen LogP contribution in [0.15, 0.2) is 30.5 Å². The number of benzene rings is 1. The summed E-state index contributed by atoms with van der Waals surface area (Å²) >= 11 is 1.25. The molecule has 0 radical (unpaired) electrons. The number of fused-ring (bicyclic) bond motifs is 1. The molecule has 0 spiro atoms. The predicted octanol–water partition coefficient (Wildman–Crippen LogP) is 3.34. The van der Waals surface area contributed by atoms with Crippen molar-refractivity contribution in [3.63, 3.8) is 0 Å². The van der Waals surface area contributed by atoms with Gasteiger partial charge in [-0.1, -0.05) is 12.1 Å². The highest BCUT2D eigenvalue weighted by Gasteiger charge is 2.39. The van der Waals surface area contributed by atoms with Crippen LogP contribution in [0.1, 0.15) is 28.9 Å². The minimum atomic E-state index is -0.317.